The first-order valence-corrected chi connectivity index (χ1v) is 4.57. The summed E-state index contributed by atoms with van der Waals surface area (Å²) in [7, 11) is 2.11. The lowest BCUT2D eigenvalue weighted by Crippen LogP contribution is -2.21. The largest absolute Gasteiger partial charge is 0.302 e. The first-order chi connectivity index (χ1) is 6.18. The van der Waals surface area contributed by atoms with Crippen molar-refractivity contribution >= 4 is 0 Å². The molecule has 1 aliphatic heterocycles. The monoisotopic (exact) mass is 175 g/mol. The maximum Gasteiger partial charge on any atom is 0.0224 e. The van der Waals surface area contributed by atoms with E-state index in [1.165, 1.54) is 5.57 Å². The van der Waals surface area contributed by atoms with Crippen molar-refractivity contribution in [2.75, 3.05) is 20.1 Å². The van der Waals surface area contributed by atoms with Crippen LogP contribution in [0.3, 0.4) is 0 Å². The Labute approximate surface area is 80.7 Å². The molecule has 0 fully saturated rings. The van der Waals surface area contributed by atoms with Crippen molar-refractivity contribution in [3.05, 3.63) is 48.6 Å². The predicted molar refractivity (Wildman–Crippen MR) is 58.7 cm³/mol. The lowest BCUT2D eigenvalue weighted by molar-refractivity contribution is 0.370. The summed E-state index contributed by atoms with van der Waals surface area (Å²) in [6, 6.07) is 0. The van der Waals surface area contributed by atoms with Gasteiger partial charge in [0.25, 0.3) is 0 Å². The van der Waals surface area contributed by atoms with E-state index in [0.717, 1.165) is 25.1 Å². The van der Waals surface area contributed by atoms with Gasteiger partial charge in [0, 0.05) is 13.1 Å². The van der Waals surface area contributed by atoms with Crippen LogP contribution in [0.25, 0.3) is 0 Å². The summed E-state index contributed by atoms with van der Waals surface area (Å²) in [5, 5.41) is 0. The van der Waals surface area contributed by atoms with Gasteiger partial charge in [-0.05, 0) is 19.0 Å². The van der Waals surface area contributed by atoms with Crippen LogP contribution in [-0.2, 0) is 0 Å². The third-order valence-electron chi connectivity index (χ3n) is 2.06. The Balaban J connectivity index is 2.67. The highest BCUT2D eigenvalue weighted by Gasteiger charge is 2.00. The Morgan fingerprint density at radius 2 is 1.77 bits per heavy atom. The van der Waals surface area contributed by atoms with Gasteiger partial charge >= 0.3 is 0 Å². The van der Waals surface area contributed by atoms with Gasteiger partial charge in [-0.2, -0.15) is 0 Å². The smallest absolute Gasteiger partial charge is 0.0224 e. The van der Waals surface area contributed by atoms with Crippen molar-refractivity contribution < 1.29 is 0 Å². The second-order valence-electron chi connectivity index (χ2n) is 3.52. The molecule has 0 aliphatic carbocycles. The quantitative estimate of drug-likeness (QED) is 0.547. The molecule has 70 valence electrons. The Bertz CT molecular complexity index is 258. The molecule has 1 heteroatoms. The van der Waals surface area contributed by atoms with Crippen LogP contribution in [0.5, 0.6) is 0 Å². The van der Waals surface area contributed by atoms with Gasteiger partial charge in [-0.3, -0.25) is 0 Å². The standard InChI is InChI=1S/C12H17N/c1-11-6-4-5-7-12(2)10-13(3)9-8-11/h4-7H,1-2,8-10H2,3H3/b6-4-,7-5-. The molecule has 0 aromatic heterocycles. The Morgan fingerprint density at radius 1 is 1.15 bits per heavy atom. The highest BCUT2D eigenvalue weighted by molar-refractivity contribution is 5.25. The van der Waals surface area contributed by atoms with E-state index in [4.69, 9.17) is 0 Å². The maximum absolute atomic E-state index is 3.97. The highest BCUT2D eigenvalue weighted by atomic mass is 15.1. The molecule has 0 radical (unpaired) electrons. The van der Waals surface area contributed by atoms with Gasteiger partial charge in [0.15, 0.2) is 0 Å². The lowest BCUT2D eigenvalue weighted by Gasteiger charge is -2.17. The summed E-state index contributed by atoms with van der Waals surface area (Å²) in [6.45, 7) is 9.94. The normalized spacial score (nSPS) is 25.6. The first kappa shape index (κ1) is 10.0. The lowest BCUT2D eigenvalue weighted by atomic mass is 10.1. The van der Waals surface area contributed by atoms with Crippen LogP contribution < -0.4 is 0 Å². The number of nitrogens with zero attached hydrogens (tertiary/aromatic N) is 1. The van der Waals surface area contributed by atoms with Crippen LogP contribution >= 0.6 is 0 Å². The third-order valence-corrected chi connectivity index (χ3v) is 2.06. The summed E-state index contributed by atoms with van der Waals surface area (Å²) in [6.07, 6.45) is 9.19. The van der Waals surface area contributed by atoms with E-state index < -0.39 is 0 Å². The van der Waals surface area contributed by atoms with Gasteiger partial charge < -0.3 is 4.90 Å². The van der Waals surface area contributed by atoms with Crippen LogP contribution in [0.15, 0.2) is 48.6 Å². The van der Waals surface area contributed by atoms with Crippen molar-refractivity contribution in [3.8, 4) is 0 Å². The van der Waals surface area contributed by atoms with E-state index in [9.17, 15) is 0 Å². The van der Waals surface area contributed by atoms with Crippen LogP contribution in [0.2, 0.25) is 0 Å². The molecule has 1 rings (SSSR count). The second-order valence-corrected chi connectivity index (χ2v) is 3.52. The number of hydrogen-bond donors (Lipinski definition) is 0. The molecule has 0 saturated carbocycles. The molecule has 0 N–H and O–H groups in total. The average molecular weight is 175 g/mol. The topological polar surface area (TPSA) is 3.24 Å². The predicted octanol–water partition coefficient (Wildman–Crippen LogP) is 2.55. The molecular formula is C12H17N. The van der Waals surface area contributed by atoms with Crippen LogP contribution in [0.4, 0.5) is 0 Å². The molecule has 0 aromatic rings. The van der Waals surface area contributed by atoms with Crippen LogP contribution in [-0.4, -0.2) is 25.0 Å². The summed E-state index contributed by atoms with van der Waals surface area (Å²) in [5.74, 6) is 0. The zero-order chi connectivity index (χ0) is 9.68. The van der Waals surface area contributed by atoms with E-state index in [2.05, 4.69) is 31.2 Å². The highest BCUT2D eigenvalue weighted by Crippen LogP contribution is 2.06. The number of hydrogen-bond acceptors (Lipinski definition) is 1. The fraction of sp³-hybridized carbons (Fsp3) is 0.333. The fourth-order valence-electron chi connectivity index (χ4n) is 1.28. The Kier molecular flexibility index (Phi) is 3.71. The summed E-state index contributed by atoms with van der Waals surface area (Å²) in [4.78, 5) is 2.26. The molecule has 0 spiro atoms. The van der Waals surface area contributed by atoms with Gasteiger partial charge in [0.05, 0.1) is 0 Å². The minimum Gasteiger partial charge on any atom is -0.302 e. The van der Waals surface area contributed by atoms with Gasteiger partial charge in [-0.15, -0.1) is 0 Å². The second kappa shape index (κ2) is 4.83. The maximum atomic E-state index is 3.97. The van der Waals surface area contributed by atoms with E-state index in [1.807, 2.05) is 18.2 Å². The van der Waals surface area contributed by atoms with E-state index in [1.54, 1.807) is 0 Å². The molecule has 13 heavy (non-hydrogen) atoms. The Hall–Kier alpha value is -1.08. The van der Waals surface area contributed by atoms with E-state index >= 15 is 0 Å². The average Bonchev–Trinajstić information content (AvgIpc) is 2.08. The van der Waals surface area contributed by atoms with Crippen molar-refractivity contribution in [3.63, 3.8) is 0 Å². The first-order valence-electron chi connectivity index (χ1n) is 4.57. The van der Waals surface area contributed by atoms with Crippen LogP contribution in [0, 0.1) is 0 Å². The molecule has 0 saturated heterocycles. The molecule has 0 aromatic carbocycles. The SMILES string of the molecule is C=C1/C=C\C=C/C(=C)CN(C)CC1. The van der Waals surface area contributed by atoms with Gasteiger partial charge in [0.2, 0.25) is 0 Å². The molecule has 0 bridgehead atoms. The van der Waals surface area contributed by atoms with E-state index in [0.29, 0.717) is 0 Å². The number of rotatable bonds is 0. The molecule has 1 heterocycles. The zero-order valence-electron chi connectivity index (χ0n) is 8.29. The van der Waals surface area contributed by atoms with E-state index in [-0.39, 0.29) is 0 Å². The zero-order valence-corrected chi connectivity index (χ0v) is 8.29. The van der Waals surface area contributed by atoms with Crippen molar-refractivity contribution in [2.45, 2.75) is 6.42 Å². The fourth-order valence-corrected chi connectivity index (χ4v) is 1.28. The molecule has 1 nitrogen and oxygen atoms in total. The number of likely N-dealkylation sites (N-methyl/N-ethyl adjacent to an activating group) is 1. The van der Waals surface area contributed by atoms with Gasteiger partial charge in [-0.25, -0.2) is 0 Å². The minimum atomic E-state index is 0.942. The van der Waals surface area contributed by atoms with Crippen molar-refractivity contribution in [2.24, 2.45) is 0 Å². The molecule has 0 unspecified atom stereocenters. The summed E-state index contributed by atoms with van der Waals surface area (Å²) >= 11 is 0. The summed E-state index contributed by atoms with van der Waals surface area (Å²) < 4.78 is 0. The minimum absolute atomic E-state index is 0.942. The Morgan fingerprint density at radius 3 is 2.46 bits per heavy atom. The molecular weight excluding hydrogens is 158 g/mol. The molecule has 1 aliphatic rings. The van der Waals surface area contributed by atoms with Gasteiger partial charge in [-0.1, -0.05) is 43.0 Å². The summed E-state index contributed by atoms with van der Waals surface area (Å²) in [5.41, 5.74) is 2.34. The van der Waals surface area contributed by atoms with Crippen molar-refractivity contribution in [1.29, 1.82) is 0 Å². The molecule has 0 atom stereocenters. The van der Waals surface area contributed by atoms with Crippen LogP contribution in [0.1, 0.15) is 6.42 Å². The number of allylic oxidation sites excluding steroid dienone is 3. The van der Waals surface area contributed by atoms with Crippen molar-refractivity contribution in [1.82, 2.24) is 4.90 Å². The molecule has 0 amide bonds. The third kappa shape index (κ3) is 3.90. The van der Waals surface area contributed by atoms with Gasteiger partial charge in [0.1, 0.15) is 0 Å².